The van der Waals surface area contributed by atoms with Gasteiger partial charge in [0.1, 0.15) is 0 Å². The van der Waals surface area contributed by atoms with Gasteiger partial charge in [-0.05, 0) is 48.8 Å². The first kappa shape index (κ1) is 11.1. The van der Waals surface area contributed by atoms with Crippen molar-refractivity contribution in [3.63, 3.8) is 0 Å². The SMILES string of the molecule is O=C(O)C1(c2ccc(Cl)cc2)CC2(CCC2)C1. The molecule has 0 aromatic heterocycles. The van der Waals surface area contributed by atoms with E-state index in [1.807, 2.05) is 12.1 Å². The molecule has 0 amide bonds. The molecule has 2 saturated carbocycles. The number of halogens is 1. The highest BCUT2D eigenvalue weighted by Gasteiger charge is 2.61. The Morgan fingerprint density at radius 3 is 2.18 bits per heavy atom. The van der Waals surface area contributed by atoms with Crippen LogP contribution in [0.15, 0.2) is 24.3 Å². The Morgan fingerprint density at radius 2 is 1.76 bits per heavy atom. The quantitative estimate of drug-likeness (QED) is 0.870. The summed E-state index contributed by atoms with van der Waals surface area (Å²) < 4.78 is 0. The summed E-state index contributed by atoms with van der Waals surface area (Å²) in [5, 5.41) is 10.2. The number of benzene rings is 1. The lowest BCUT2D eigenvalue weighted by Gasteiger charge is -2.59. The molecular weight excluding hydrogens is 236 g/mol. The van der Waals surface area contributed by atoms with Crippen molar-refractivity contribution in [2.45, 2.75) is 37.5 Å². The molecule has 2 aliphatic rings. The summed E-state index contributed by atoms with van der Waals surface area (Å²) in [6, 6.07) is 7.30. The lowest BCUT2D eigenvalue weighted by Crippen LogP contribution is -2.57. The van der Waals surface area contributed by atoms with Crippen molar-refractivity contribution in [1.29, 1.82) is 0 Å². The number of carboxylic acids is 1. The molecule has 0 unspecified atom stereocenters. The van der Waals surface area contributed by atoms with Crippen molar-refractivity contribution in [2.24, 2.45) is 5.41 Å². The lowest BCUT2D eigenvalue weighted by atomic mass is 9.44. The van der Waals surface area contributed by atoms with E-state index in [4.69, 9.17) is 11.6 Å². The maximum Gasteiger partial charge on any atom is 0.314 e. The van der Waals surface area contributed by atoms with E-state index in [9.17, 15) is 9.90 Å². The zero-order chi connectivity index (χ0) is 12.1. The van der Waals surface area contributed by atoms with Gasteiger partial charge in [-0.1, -0.05) is 30.2 Å². The molecule has 2 fully saturated rings. The fourth-order valence-electron chi connectivity index (χ4n) is 3.51. The molecule has 2 nitrogen and oxygen atoms in total. The van der Waals surface area contributed by atoms with E-state index < -0.39 is 11.4 Å². The molecule has 90 valence electrons. The summed E-state index contributed by atoms with van der Waals surface area (Å²) in [7, 11) is 0. The number of hydrogen-bond donors (Lipinski definition) is 1. The standard InChI is InChI=1S/C14H15ClO2/c15-11-4-2-10(3-5-11)14(12(16)17)8-13(9-14)6-1-7-13/h2-5H,1,6-9H2,(H,16,17). The molecule has 0 saturated heterocycles. The summed E-state index contributed by atoms with van der Waals surface area (Å²) in [5.41, 5.74) is 0.607. The molecule has 1 N–H and O–H groups in total. The minimum Gasteiger partial charge on any atom is -0.481 e. The number of rotatable bonds is 2. The summed E-state index contributed by atoms with van der Waals surface area (Å²) in [5.74, 6) is -0.683. The van der Waals surface area contributed by atoms with Crippen LogP contribution in [-0.4, -0.2) is 11.1 Å². The molecule has 0 aliphatic heterocycles. The predicted octanol–water partition coefficient (Wildman–Crippen LogP) is 3.63. The van der Waals surface area contributed by atoms with Crippen molar-refractivity contribution >= 4 is 17.6 Å². The van der Waals surface area contributed by atoms with Crippen molar-refractivity contribution in [1.82, 2.24) is 0 Å². The van der Waals surface area contributed by atoms with Crippen molar-refractivity contribution in [3.05, 3.63) is 34.9 Å². The van der Waals surface area contributed by atoms with Crippen LogP contribution in [-0.2, 0) is 10.2 Å². The average Bonchev–Trinajstić information content (AvgIpc) is 2.16. The first-order valence-electron chi connectivity index (χ1n) is 6.06. The normalized spacial score (nSPS) is 23.8. The summed E-state index contributed by atoms with van der Waals surface area (Å²) in [6.45, 7) is 0. The van der Waals surface area contributed by atoms with Crippen molar-refractivity contribution < 1.29 is 9.90 Å². The smallest absolute Gasteiger partial charge is 0.314 e. The molecule has 0 atom stereocenters. The average molecular weight is 251 g/mol. The van der Waals surface area contributed by atoms with Gasteiger partial charge in [-0.3, -0.25) is 4.79 Å². The monoisotopic (exact) mass is 250 g/mol. The Bertz CT molecular complexity index is 452. The maximum absolute atomic E-state index is 11.6. The second-order valence-corrected chi connectivity index (χ2v) is 6.04. The van der Waals surface area contributed by atoms with E-state index in [1.54, 1.807) is 12.1 Å². The van der Waals surface area contributed by atoms with Crippen LogP contribution in [0.3, 0.4) is 0 Å². The van der Waals surface area contributed by atoms with Gasteiger partial charge in [0, 0.05) is 5.02 Å². The summed E-state index contributed by atoms with van der Waals surface area (Å²) in [6.07, 6.45) is 5.27. The van der Waals surface area contributed by atoms with E-state index in [0.29, 0.717) is 10.4 Å². The van der Waals surface area contributed by atoms with E-state index in [2.05, 4.69) is 0 Å². The molecule has 1 aromatic rings. The topological polar surface area (TPSA) is 37.3 Å². The molecule has 2 aliphatic carbocycles. The zero-order valence-corrected chi connectivity index (χ0v) is 10.3. The van der Waals surface area contributed by atoms with Crippen molar-refractivity contribution in [3.8, 4) is 0 Å². The molecule has 1 aromatic carbocycles. The fourth-order valence-corrected chi connectivity index (χ4v) is 3.63. The molecule has 17 heavy (non-hydrogen) atoms. The third kappa shape index (κ3) is 1.50. The summed E-state index contributed by atoms with van der Waals surface area (Å²) in [4.78, 5) is 11.6. The fraction of sp³-hybridized carbons (Fsp3) is 0.500. The molecule has 0 radical (unpaired) electrons. The van der Waals surface area contributed by atoms with Gasteiger partial charge in [-0.25, -0.2) is 0 Å². The van der Waals surface area contributed by atoms with Gasteiger partial charge >= 0.3 is 5.97 Å². The first-order chi connectivity index (χ1) is 8.06. The molecule has 3 rings (SSSR count). The Kier molecular flexibility index (Phi) is 2.27. The van der Waals surface area contributed by atoms with Gasteiger partial charge in [0.05, 0.1) is 5.41 Å². The van der Waals surface area contributed by atoms with Gasteiger partial charge in [-0.15, -0.1) is 0 Å². The van der Waals surface area contributed by atoms with Crippen LogP contribution in [0.4, 0.5) is 0 Å². The highest BCUT2D eigenvalue weighted by Crippen LogP contribution is 2.65. The van der Waals surface area contributed by atoms with Gasteiger partial charge in [0.15, 0.2) is 0 Å². The molecular formula is C14H15ClO2. The number of carbonyl (C=O) groups is 1. The van der Waals surface area contributed by atoms with Crippen molar-refractivity contribution in [2.75, 3.05) is 0 Å². The lowest BCUT2D eigenvalue weighted by molar-refractivity contribution is -0.160. The van der Waals surface area contributed by atoms with Gasteiger partial charge in [0.2, 0.25) is 0 Å². The molecule has 0 bridgehead atoms. The van der Waals surface area contributed by atoms with Crippen LogP contribution < -0.4 is 0 Å². The number of carboxylic acid groups (broad SMARTS) is 1. The summed E-state index contributed by atoms with van der Waals surface area (Å²) >= 11 is 5.85. The Labute approximate surface area is 106 Å². The van der Waals surface area contributed by atoms with E-state index in [0.717, 1.165) is 18.4 Å². The van der Waals surface area contributed by atoms with Gasteiger partial charge in [0.25, 0.3) is 0 Å². The molecule has 0 heterocycles. The maximum atomic E-state index is 11.6. The van der Waals surface area contributed by atoms with Crippen LogP contribution in [0.2, 0.25) is 5.02 Å². The molecule has 3 heteroatoms. The minimum atomic E-state index is -0.683. The minimum absolute atomic E-state index is 0.345. The van der Waals surface area contributed by atoms with Crippen LogP contribution in [0.1, 0.15) is 37.7 Å². The predicted molar refractivity (Wildman–Crippen MR) is 66.3 cm³/mol. The number of hydrogen-bond acceptors (Lipinski definition) is 1. The molecule has 1 spiro atoms. The number of aliphatic carboxylic acids is 1. The van der Waals surface area contributed by atoms with Crippen LogP contribution in [0, 0.1) is 5.41 Å². The van der Waals surface area contributed by atoms with Crippen LogP contribution in [0.5, 0.6) is 0 Å². The first-order valence-corrected chi connectivity index (χ1v) is 6.44. The Balaban J connectivity index is 1.91. The highest BCUT2D eigenvalue weighted by molar-refractivity contribution is 6.30. The van der Waals surface area contributed by atoms with E-state index in [-0.39, 0.29) is 0 Å². The third-order valence-corrected chi connectivity index (χ3v) is 4.83. The Hall–Kier alpha value is -1.02. The highest BCUT2D eigenvalue weighted by atomic mass is 35.5. The Morgan fingerprint density at radius 1 is 1.18 bits per heavy atom. The second-order valence-electron chi connectivity index (χ2n) is 5.60. The van der Waals surface area contributed by atoms with Crippen LogP contribution >= 0.6 is 11.6 Å². The van der Waals surface area contributed by atoms with Gasteiger partial charge < -0.3 is 5.11 Å². The van der Waals surface area contributed by atoms with E-state index >= 15 is 0 Å². The second kappa shape index (κ2) is 3.49. The largest absolute Gasteiger partial charge is 0.481 e. The third-order valence-electron chi connectivity index (χ3n) is 4.57. The zero-order valence-electron chi connectivity index (χ0n) is 9.58. The van der Waals surface area contributed by atoms with E-state index in [1.165, 1.54) is 19.3 Å². The van der Waals surface area contributed by atoms with Crippen LogP contribution in [0.25, 0.3) is 0 Å². The van der Waals surface area contributed by atoms with Gasteiger partial charge in [-0.2, -0.15) is 0 Å².